The zero-order valence-corrected chi connectivity index (χ0v) is 19.5. The van der Waals surface area contributed by atoms with E-state index in [1.54, 1.807) is 6.20 Å². The van der Waals surface area contributed by atoms with Crippen LogP contribution in [-0.4, -0.2) is 57.9 Å². The molecule has 0 bridgehead atoms. The van der Waals surface area contributed by atoms with Crippen molar-refractivity contribution in [2.24, 2.45) is 0 Å². The molecule has 2 aromatic heterocycles. The highest BCUT2D eigenvalue weighted by Gasteiger charge is 2.10. The molecule has 0 fully saturated rings. The topological polar surface area (TPSA) is 108 Å². The molecule has 3 aromatic rings. The van der Waals surface area contributed by atoms with Gasteiger partial charge in [-0.3, -0.25) is 4.79 Å². The summed E-state index contributed by atoms with van der Waals surface area (Å²) in [7, 11) is 4.03. The number of anilines is 4. The van der Waals surface area contributed by atoms with Gasteiger partial charge in [0.2, 0.25) is 17.8 Å². The molecule has 1 aromatic carbocycles. The Morgan fingerprint density at radius 1 is 1.03 bits per heavy atom. The lowest BCUT2D eigenvalue weighted by Gasteiger charge is -2.12. The van der Waals surface area contributed by atoms with E-state index in [1.807, 2.05) is 64.3 Å². The van der Waals surface area contributed by atoms with Gasteiger partial charge in [0.05, 0.1) is 0 Å². The van der Waals surface area contributed by atoms with E-state index >= 15 is 0 Å². The first-order valence-electron chi connectivity index (χ1n) is 10.3. The van der Waals surface area contributed by atoms with Crippen molar-refractivity contribution < 1.29 is 4.79 Å². The monoisotopic (exact) mass is 452 g/mol. The highest BCUT2D eigenvalue weighted by atomic mass is 32.2. The number of amides is 1. The van der Waals surface area contributed by atoms with Crippen molar-refractivity contribution in [1.29, 1.82) is 0 Å². The third kappa shape index (κ3) is 7.47. The average Bonchev–Trinajstić information content (AvgIpc) is 2.76. The van der Waals surface area contributed by atoms with Gasteiger partial charge in [-0.15, -0.1) is 0 Å². The number of aryl methyl sites for hydroxylation is 1. The maximum Gasteiger partial charge on any atom is 0.234 e. The number of carbonyl (C=O) groups excluding carboxylic acids is 1. The Bertz CT molecular complexity index is 1030. The Hall–Kier alpha value is -3.24. The molecule has 2 heterocycles. The van der Waals surface area contributed by atoms with Gasteiger partial charge in [0, 0.05) is 36.3 Å². The summed E-state index contributed by atoms with van der Waals surface area (Å²) in [5.41, 5.74) is 1.84. The molecular formula is C22H28N8OS. The van der Waals surface area contributed by atoms with Gasteiger partial charge in [-0.05, 0) is 68.7 Å². The minimum absolute atomic E-state index is 0.0169. The number of nitrogens with zero attached hydrogens (tertiary/aromatic N) is 5. The van der Waals surface area contributed by atoms with E-state index < -0.39 is 0 Å². The lowest BCUT2D eigenvalue weighted by atomic mass is 10.3. The van der Waals surface area contributed by atoms with Crippen molar-refractivity contribution in [3.63, 3.8) is 0 Å². The predicted molar refractivity (Wildman–Crippen MR) is 129 cm³/mol. The Morgan fingerprint density at radius 3 is 2.44 bits per heavy atom. The summed E-state index contributed by atoms with van der Waals surface area (Å²) in [4.78, 5) is 32.5. The minimum atomic E-state index is -0.0169. The number of carbonyl (C=O) groups is 1. The summed E-state index contributed by atoms with van der Waals surface area (Å²) >= 11 is 1.42. The van der Waals surface area contributed by atoms with E-state index in [1.165, 1.54) is 11.8 Å². The standard InChI is InChI=1S/C22H28N8OS/c1-5-19(31)25-16-7-9-17(10-8-16)32-22-28-20(23-12-13-30(3)4)27-21(29-22)26-18-11-6-15(2)14-24-18/h6-11,14H,5,12-13H2,1-4H3,(H,25,31)(H2,23,24,26,27,28,29). The summed E-state index contributed by atoms with van der Waals surface area (Å²) in [6.07, 6.45) is 2.23. The fraction of sp³-hybridized carbons (Fsp3) is 0.318. The highest BCUT2D eigenvalue weighted by molar-refractivity contribution is 7.99. The van der Waals surface area contributed by atoms with E-state index in [9.17, 15) is 4.79 Å². The lowest BCUT2D eigenvalue weighted by molar-refractivity contribution is -0.115. The van der Waals surface area contributed by atoms with Crippen molar-refractivity contribution in [3.05, 3.63) is 48.2 Å². The number of pyridine rings is 1. The van der Waals surface area contributed by atoms with Crippen molar-refractivity contribution >= 4 is 41.1 Å². The van der Waals surface area contributed by atoms with Gasteiger partial charge in [-0.1, -0.05) is 13.0 Å². The molecule has 0 aliphatic carbocycles. The summed E-state index contributed by atoms with van der Waals surface area (Å²) < 4.78 is 0. The first kappa shape index (κ1) is 23.4. The van der Waals surface area contributed by atoms with Crippen LogP contribution in [-0.2, 0) is 4.79 Å². The van der Waals surface area contributed by atoms with Crippen LogP contribution in [0.1, 0.15) is 18.9 Å². The molecule has 0 aliphatic heterocycles. The molecule has 0 unspecified atom stereocenters. The van der Waals surface area contributed by atoms with Crippen molar-refractivity contribution in [2.45, 2.75) is 30.3 Å². The highest BCUT2D eigenvalue weighted by Crippen LogP contribution is 2.27. The fourth-order valence-corrected chi connectivity index (χ4v) is 3.29. The van der Waals surface area contributed by atoms with Gasteiger partial charge in [-0.25, -0.2) is 4.98 Å². The van der Waals surface area contributed by atoms with Crippen molar-refractivity contribution in [3.8, 4) is 0 Å². The van der Waals surface area contributed by atoms with Crippen LogP contribution in [0.25, 0.3) is 0 Å². The number of hydrogen-bond acceptors (Lipinski definition) is 9. The molecule has 0 aliphatic rings. The largest absolute Gasteiger partial charge is 0.353 e. The number of aromatic nitrogens is 4. The van der Waals surface area contributed by atoms with Crippen LogP contribution >= 0.6 is 11.8 Å². The summed E-state index contributed by atoms with van der Waals surface area (Å²) in [5.74, 6) is 1.55. The molecule has 0 atom stereocenters. The number of nitrogens with one attached hydrogen (secondary N) is 3. The predicted octanol–water partition coefficient (Wildman–Crippen LogP) is 3.79. The average molecular weight is 453 g/mol. The minimum Gasteiger partial charge on any atom is -0.353 e. The molecule has 32 heavy (non-hydrogen) atoms. The molecule has 0 saturated carbocycles. The Kier molecular flexibility index (Phi) is 8.34. The van der Waals surface area contributed by atoms with Gasteiger partial charge in [0.1, 0.15) is 5.82 Å². The van der Waals surface area contributed by atoms with E-state index in [4.69, 9.17) is 0 Å². The van der Waals surface area contributed by atoms with Gasteiger partial charge in [-0.2, -0.15) is 15.0 Å². The van der Waals surface area contributed by atoms with Gasteiger partial charge in [0.15, 0.2) is 5.16 Å². The molecule has 10 heteroatoms. The van der Waals surface area contributed by atoms with Gasteiger partial charge < -0.3 is 20.9 Å². The number of rotatable bonds is 10. The van der Waals surface area contributed by atoms with Gasteiger partial charge in [0.25, 0.3) is 0 Å². The molecule has 9 nitrogen and oxygen atoms in total. The fourth-order valence-electron chi connectivity index (χ4n) is 2.55. The first-order valence-corrected chi connectivity index (χ1v) is 11.1. The van der Waals surface area contributed by atoms with E-state index in [2.05, 4.69) is 40.8 Å². The molecule has 0 radical (unpaired) electrons. The van der Waals surface area contributed by atoms with E-state index in [-0.39, 0.29) is 5.91 Å². The smallest absolute Gasteiger partial charge is 0.234 e. The first-order chi connectivity index (χ1) is 15.4. The molecule has 1 amide bonds. The van der Waals surface area contributed by atoms with Crippen molar-refractivity contribution in [1.82, 2.24) is 24.8 Å². The second-order valence-electron chi connectivity index (χ2n) is 7.37. The summed E-state index contributed by atoms with van der Waals surface area (Å²) in [5, 5.41) is 9.79. The second-order valence-corrected chi connectivity index (χ2v) is 8.41. The summed E-state index contributed by atoms with van der Waals surface area (Å²) in [6.45, 7) is 5.36. The second kappa shape index (κ2) is 11.4. The van der Waals surface area contributed by atoms with Crippen LogP contribution < -0.4 is 16.0 Å². The maximum absolute atomic E-state index is 11.6. The van der Waals surface area contributed by atoms with Crippen LogP contribution in [0.4, 0.5) is 23.4 Å². The maximum atomic E-state index is 11.6. The molecule has 3 N–H and O–H groups in total. The van der Waals surface area contributed by atoms with Crippen LogP contribution in [0.3, 0.4) is 0 Å². The zero-order valence-electron chi connectivity index (χ0n) is 18.7. The van der Waals surface area contributed by atoms with Crippen LogP contribution in [0, 0.1) is 6.92 Å². The van der Waals surface area contributed by atoms with Gasteiger partial charge >= 0.3 is 0 Å². The van der Waals surface area contributed by atoms with Crippen molar-refractivity contribution in [2.75, 3.05) is 43.1 Å². The zero-order chi connectivity index (χ0) is 22.9. The SMILES string of the molecule is CCC(=O)Nc1ccc(Sc2nc(NCCN(C)C)nc(Nc3ccc(C)cn3)n2)cc1. The Morgan fingerprint density at radius 2 is 1.78 bits per heavy atom. The van der Waals surface area contributed by atoms with Crippen LogP contribution in [0.5, 0.6) is 0 Å². The number of hydrogen-bond donors (Lipinski definition) is 3. The lowest BCUT2D eigenvalue weighted by Crippen LogP contribution is -2.21. The Labute approximate surface area is 192 Å². The third-order valence-electron chi connectivity index (χ3n) is 4.28. The van der Waals surface area contributed by atoms with Crippen LogP contribution in [0.2, 0.25) is 0 Å². The third-order valence-corrected chi connectivity index (χ3v) is 5.15. The summed E-state index contributed by atoms with van der Waals surface area (Å²) in [6, 6.07) is 11.4. The molecule has 168 valence electrons. The number of benzene rings is 1. The molecule has 0 saturated heterocycles. The van der Waals surface area contributed by atoms with E-state index in [0.717, 1.165) is 22.7 Å². The molecular weight excluding hydrogens is 424 g/mol. The molecule has 3 rings (SSSR count). The molecule has 0 spiro atoms. The number of likely N-dealkylation sites (N-methyl/N-ethyl adjacent to an activating group) is 1. The quantitative estimate of drug-likeness (QED) is 0.423. The Balaban J connectivity index is 1.78. The normalized spacial score (nSPS) is 10.8. The van der Waals surface area contributed by atoms with E-state index in [0.29, 0.717) is 35.8 Å². The van der Waals surface area contributed by atoms with Crippen LogP contribution in [0.15, 0.2) is 52.6 Å².